The molecule has 4 nitrogen and oxygen atoms in total. The number of aliphatic hydroxyl groups is 1. The molecule has 1 saturated carbocycles. The lowest BCUT2D eigenvalue weighted by molar-refractivity contribution is -0.141. The normalized spacial score (nSPS) is 23.1. The van der Waals surface area contributed by atoms with E-state index in [-0.39, 0.29) is 17.4 Å². The van der Waals surface area contributed by atoms with Crippen LogP contribution < -0.4 is 0 Å². The number of Topliss-reactive ketones (excluding diaryl/α,β-unsaturated/α-hetero) is 1. The van der Waals surface area contributed by atoms with E-state index in [1.165, 1.54) is 11.3 Å². The summed E-state index contributed by atoms with van der Waals surface area (Å²) < 4.78 is 0. The minimum atomic E-state index is -0.618. The number of hydrogen-bond acceptors (Lipinski definition) is 4. The molecular formula is C20H18ClNO3S. The Balaban J connectivity index is 1.87. The van der Waals surface area contributed by atoms with E-state index in [4.69, 9.17) is 11.6 Å². The number of carbonyl (C=O) groups excluding carboxylic acids is 2. The maximum atomic E-state index is 12.8. The van der Waals surface area contributed by atoms with Gasteiger partial charge in [-0.2, -0.15) is 0 Å². The number of benzene rings is 1. The van der Waals surface area contributed by atoms with Crippen LogP contribution in [0.1, 0.15) is 42.2 Å². The second-order valence-electron chi connectivity index (χ2n) is 6.67. The Hall–Kier alpha value is -2.11. The lowest BCUT2D eigenvalue weighted by Crippen LogP contribution is -2.37. The van der Waals surface area contributed by atoms with Gasteiger partial charge in [-0.3, -0.25) is 9.59 Å². The monoisotopic (exact) mass is 387 g/mol. The maximum absolute atomic E-state index is 12.8. The smallest absolute Gasteiger partial charge is 0.295 e. The Bertz CT molecular complexity index is 884. The van der Waals surface area contributed by atoms with Gasteiger partial charge in [0.05, 0.1) is 11.6 Å². The Morgan fingerprint density at radius 3 is 2.58 bits per heavy atom. The van der Waals surface area contributed by atoms with Gasteiger partial charge in [-0.25, -0.2) is 0 Å². The van der Waals surface area contributed by atoms with Crippen LogP contribution in [-0.4, -0.2) is 27.7 Å². The number of hydrogen-bond donors (Lipinski definition) is 1. The predicted octanol–water partition coefficient (Wildman–Crippen LogP) is 4.77. The molecule has 1 aromatic carbocycles. The summed E-state index contributed by atoms with van der Waals surface area (Å²) in [6, 6.07) is 10.0. The van der Waals surface area contributed by atoms with Crippen molar-refractivity contribution in [2.45, 2.75) is 37.8 Å². The largest absolute Gasteiger partial charge is 0.507 e. The summed E-state index contributed by atoms with van der Waals surface area (Å²) in [6.07, 6.45) is 3.90. The first-order valence-electron chi connectivity index (χ1n) is 8.67. The molecule has 26 heavy (non-hydrogen) atoms. The average molecular weight is 388 g/mol. The van der Waals surface area contributed by atoms with Crippen LogP contribution in [-0.2, 0) is 9.59 Å². The van der Waals surface area contributed by atoms with Crippen molar-refractivity contribution in [1.29, 1.82) is 0 Å². The van der Waals surface area contributed by atoms with Crippen LogP contribution in [0.2, 0.25) is 5.02 Å². The second-order valence-corrected chi connectivity index (χ2v) is 8.09. The van der Waals surface area contributed by atoms with Gasteiger partial charge in [0.1, 0.15) is 5.76 Å². The van der Waals surface area contributed by atoms with Crippen LogP contribution in [0.4, 0.5) is 0 Å². The van der Waals surface area contributed by atoms with Gasteiger partial charge in [-0.15, -0.1) is 11.3 Å². The van der Waals surface area contributed by atoms with Gasteiger partial charge in [0.15, 0.2) is 0 Å². The molecule has 1 amide bonds. The molecule has 1 aliphatic carbocycles. The molecule has 0 bridgehead atoms. The predicted molar refractivity (Wildman–Crippen MR) is 102 cm³/mol. The van der Waals surface area contributed by atoms with Crippen LogP contribution in [0.15, 0.2) is 47.4 Å². The quantitative estimate of drug-likeness (QED) is 0.469. The van der Waals surface area contributed by atoms with Gasteiger partial charge < -0.3 is 10.0 Å². The summed E-state index contributed by atoms with van der Waals surface area (Å²) >= 11 is 7.52. The van der Waals surface area contributed by atoms with E-state index in [0.717, 1.165) is 30.6 Å². The van der Waals surface area contributed by atoms with Gasteiger partial charge in [0, 0.05) is 21.5 Å². The van der Waals surface area contributed by atoms with E-state index in [9.17, 15) is 14.7 Å². The number of likely N-dealkylation sites (tertiary alicyclic amines) is 1. The number of thiophene rings is 1. The molecule has 0 spiro atoms. The number of carbonyl (C=O) groups is 2. The minimum absolute atomic E-state index is 0.0446. The van der Waals surface area contributed by atoms with Gasteiger partial charge >= 0.3 is 0 Å². The van der Waals surface area contributed by atoms with Crippen molar-refractivity contribution in [3.05, 3.63) is 62.8 Å². The Morgan fingerprint density at radius 1 is 1.15 bits per heavy atom. The molecule has 0 radical (unpaired) electrons. The topological polar surface area (TPSA) is 57.6 Å². The van der Waals surface area contributed by atoms with E-state index in [1.54, 1.807) is 29.2 Å². The summed E-state index contributed by atoms with van der Waals surface area (Å²) in [6.45, 7) is 0. The van der Waals surface area contributed by atoms with Crippen LogP contribution in [0.25, 0.3) is 5.76 Å². The molecule has 6 heteroatoms. The lowest BCUT2D eigenvalue weighted by Gasteiger charge is -2.29. The lowest BCUT2D eigenvalue weighted by atomic mass is 9.99. The van der Waals surface area contributed by atoms with E-state index in [1.807, 2.05) is 17.5 Å². The zero-order chi connectivity index (χ0) is 18.3. The highest BCUT2D eigenvalue weighted by molar-refractivity contribution is 7.10. The van der Waals surface area contributed by atoms with Crippen molar-refractivity contribution < 1.29 is 14.7 Å². The third-order valence-electron chi connectivity index (χ3n) is 5.11. The third-order valence-corrected chi connectivity index (χ3v) is 6.27. The van der Waals surface area contributed by atoms with Crippen molar-refractivity contribution >= 4 is 40.4 Å². The fourth-order valence-electron chi connectivity index (χ4n) is 3.93. The number of halogens is 1. The Morgan fingerprint density at radius 2 is 1.92 bits per heavy atom. The fraction of sp³-hybridized carbons (Fsp3) is 0.300. The van der Waals surface area contributed by atoms with Gasteiger partial charge in [-0.05, 0) is 36.4 Å². The van der Waals surface area contributed by atoms with Crippen molar-refractivity contribution in [2.75, 3.05) is 0 Å². The number of nitrogens with zero attached hydrogens (tertiary/aromatic N) is 1. The molecule has 1 aliphatic heterocycles. The van der Waals surface area contributed by atoms with E-state index in [2.05, 4.69) is 0 Å². The van der Waals surface area contributed by atoms with Crippen molar-refractivity contribution in [1.82, 2.24) is 4.90 Å². The minimum Gasteiger partial charge on any atom is -0.507 e. The highest BCUT2D eigenvalue weighted by atomic mass is 35.5. The first-order chi connectivity index (χ1) is 12.6. The highest BCUT2D eigenvalue weighted by Gasteiger charge is 2.49. The van der Waals surface area contributed by atoms with Crippen LogP contribution >= 0.6 is 22.9 Å². The molecule has 2 aromatic rings. The van der Waals surface area contributed by atoms with Gasteiger partial charge in [0.25, 0.3) is 11.7 Å². The van der Waals surface area contributed by atoms with Gasteiger partial charge in [0.2, 0.25) is 0 Å². The summed E-state index contributed by atoms with van der Waals surface area (Å²) in [7, 11) is 0. The Labute approximate surface area is 160 Å². The fourth-order valence-corrected chi connectivity index (χ4v) is 4.95. The van der Waals surface area contributed by atoms with Gasteiger partial charge in [-0.1, -0.05) is 42.6 Å². The molecular weight excluding hydrogens is 370 g/mol. The van der Waals surface area contributed by atoms with E-state index < -0.39 is 17.7 Å². The molecule has 1 unspecified atom stereocenters. The average Bonchev–Trinajstić information content (AvgIpc) is 3.37. The molecule has 134 valence electrons. The number of ketones is 1. The van der Waals surface area contributed by atoms with Crippen LogP contribution in [0, 0.1) is 0 Å². The molecule has 1 aromatic heterocycles. The van der Waals surface area contributed by atoms with E-state index >= 15 is 0 Å². The first-order valence-corrected chi connectivity index (χ1v) is 9.93. The molecule has 4 rings (SSSR count). The maximum Gasteiger partial charge on any atom is 0.295 e. The van der Waals surface area contributed by atoms with Crippen LogP contribution in [0.5, 0.6) is 0 Å². The van der Waals surface area contributed by atoms with Crippen molar-refractivity contribution in [3.8, 4) is 0 Å². The number of amides is 1. The van der Waals surface area contributed by atoms with Crippen molar-refractivity contribution in [2.24, 2.45) is 0 Å². The van der Waals surface area contributed by atoms with Crippen molar-refractivity contribution in [3.63, 3.8) is 0 Å². The number of aliphatic hydroxyl groups excluding tert-OH is 1. The third kappa shape index (κ3) is 2.85. The summed E-state index contributed by atoms with van der Waals surface area (Å²) in [5, 5.41) is 13.3. The molecule has 2 fully saturated rings. The summed E-state index contributed by atoms with van der Waals surface area (Å²) in [5.74, 6) is -1.29. The zero-order valence-electron chi connectivity index (χ0n) is 14.0. The zero-order valence-corrected chi connectivity index (χ0v) is 15.6. The standard InChI is InChI=1S/C20H18ClNO3S/c21-13-6-3-5-12(11-13)18(23)16-17(15-9-4-10-26-15)22(20(25)19(16)24)14-7-1-2-8-14/h3-6,9-11,14,17,23H,1-2,7-8H2/b18-16-. The first kappa shape index (κ1) is 17.3. The van der Waals surface area contributed by atoms with E-state index in [0.29, 0.717) is 10.6 Å². The molecule has 1 saturated heterocycles. The molecule has 1 atom stereocenters. The number of rotatable bonds is 3. The SMILES string of the molecule is O=C1C(=O)N(C2CCCC2)C(c2cccs2)/C1=C(/O)c1cccc(Cl)c1. The summed E-state index contributed by atoms with van der Waals surface area (Å²) in [4.78, 5) is 28.2. The summed E-state index contributed by atoms with van der Waals surface area (Å²) in [5.41, 5.74) is 0.607. The molecule has 2 aliphatic rings. The molecule has 2 heterocycles. The Kier molecular flexibility index (Phi) is 4.59. The van der Waals surface area contributed by atoms with Crippen LogP contribution in [0.3, 0.4) is 0 Å². The second kappa shape index (κ2) is 6.89. The highest BCUT2D eigenvalue weighted by Crippen LogP contribution is 2.44. The molecule has 1 N–H and O–H groups in total.